The fraction of sp³-hybridized carbons (Fsp3) is 0.500. The molecule has 44 heavy (non-hydrogen) atoms. The number of likely N-dealkylation sites (tertiary alicyclic amines) is 1. The Kier molecular flexibility index (Phi) is 8.82. The van der Waals surface area contributed by atoms with Crippen LogP contribution < -0.4 is 10.9 Å². The highest BCUT2D eigenvalue weighted by Gasteiger charge is 2.46. The van der Waals surface area contributed by atoms with Gasteiger partial charge in [0.05, 0.1) is 6.04 Å². The van der Waals surface area contributed by atoms with Crippen LogP contribution in [-0.4, -0.2) is 74.5 Å². The number of benzene rings is 2. The SMILES string of the molecule is CC(C)N[C@@H]1CCN(C(=O)N2CCN(Cc3cnc(-c4ccccc4)[nH]c3=O)C3(CCCC3)C2)[C@H](c2cc(F)cc(F)c2)C1. The predicted octanol–water partition coefficient (Wildman–Crippen LogP) is 5.47. The molecule has 3 heterocycles. The molecule has 0 bridgehead atoms. The first-order valence-electron chi connectivity index (χ1n) is 15.9. The lowest BCUT2D eigenvalue weighted by atomic mass is 9.90. The van der Waals surface area contributed by atoms with E-state index < -0.39 is 17.7 Å². The minimum Gasteiger partial charge on any atom is -0.321 e. The van der Waals surface area contributed by atoms with Gasteiger partial charge in [-0.25, -0.2) is 18.6 Å². The first kappa shape index (κ1) is 30.4. The maximum absolute atomic E-state index is 14.3. The number of amides is 2. The van der Waals surface area contributed by atoms with E-state index >= 15 is 0 Å². The van der Waals surface area contributed by atoms with E-state index in [1.807, 2.05) is 40.1 Å². The predicted molar refractivity (Wildman–Crippen MR) is 166 cm³/mol. The zero-order valence-corrected chi connectivity index (χ0v) is 25.6. The number of carbonyl (C=O) groups excluding carboxylic acids is 1. The monoisotopic (exact) mass is 604 g/mol. The van der Waals surface area contributed by atoms with Crippen LogP contribution in [0.3, 0.4) is 0 Å². The van der Waals surface area contributed by atoms with Gasteiger partial charge in [0.25, 0.3) is 5.56 Å². The first-order valence-corrected chi connectivity index (χ1v) is 15.9. The Hall–Kier alpha value is -3.63. The number of nitrogens with zero attached hydrogens (tertiary/aromatic N) is 4. The van der Waals surface area contributed by atoms with Crippen molar-refractivity contribution in [3.63, 3.8) is 0 Å². The number of H-pyrrole nitrogens is 1. The van der Waals surface area contributed by atoms with Crippen LogP contribution in [0, 0.1) is 11.6 Å². The third kappa shape index (κ3) is 6.42. The van der Waals surface area contributed by atoms with Crippen LogP contribution in [0.15, 0.2) is 59.5 Å². The van der Waals surface area contributed by atoms with Crippen molar-refractivity contribution < 1.29 is 13.6 Å². The molecule has 2 N–H and O–H groups in total. The number of urea groups is 1. The van der Waals surface area contributed by atoms with Gasteiger partial charge in [0, 0.05) is 73.7 Å². The second kappa shape index (κ2) is 12.8. The lowest BCUT2D eigenvalue weighted by Gasteiger charge is -2.51. The molecule has 3 aliphatic rings. The third-order valence-corrected chi connectivity index (χ3v) is 9.57. The third-order valence-electron chi connectivity index (χ3n) is 9.57. The van der Waals surface area contributed by atoms with Gasteiger partial charge in [-0.2, -0.15) is 0 Å². The highest BCUT2D eigenvalue weighted by molar-refractivity contribution is 5.75. The molecule has 8 nitrogen and oxygen atoms in total. The van der Waals surface area contributed by atoms with Crippen molar-refractivity contribution in [1.29, 1.82) is 0 Å². The number of aromatic nitrogens is 2. The molecule has 1 saturated carbocycles. The minimum atomic E-state index is -0.633. The van der Waals surface area contributed by atoms with E-state index in [9.17, 15) is 18.4 Å². The Balaban J connectivity index is 1.21. The van der Waals surface area contributed by atoms with Crippen molar-refractivity contribution in [3.05, 3.63) is 87.8 Å². The smallest absolute Gasteiger partial charge is 0.320 e. The van der Waals surface area contributed by atoms with Gasteiger partial charge in [-0.15, -0.1) is 0 Å². The molecule has 3 fully saturated rings. The summed E-state index contributed by atoms with van der Waals surface area (Å²) in [6.45, 7) is 6.85. The Morgan fingerprint density at radius 3 is 2.48 bits per heavy atom. The number of piperidine rings is 1. The van der Waals surface area contributed by atoms with Gasteiger partial charge in [0.15, 0.2) is 0 Å². The van der Waals surface area contributed by atoms with Crippen molar-refractivity contribution in [2.45, 2.75) is 82.6 Å². The fourth-order valence-corrected chi connectivity index (χ4v) is 7.49. The van der Waals surface area contributed by atoms with E-state index in [1.165, 1.54) is 12.1 Å². The molecule has 1 aromatic heterocycles. The summed E-state index contributed by atoms with van der Waals surface area (Å²) in [4.78, 5) is 41.0. The van der Waals surface area contributed by atoms with Crippen molar-refractivity contribution in [3.8, 4) is 11.4 Å². The van der Waals surface area contributed by atoms with Gasteiger partial charge in [-0.05, 0) is 43.4 Å². The maximum atomic E-state index is 14.3. The molecule has 2 aromatic carbocycles. The van der Waals surface area contributed by atoms with E-state index in [1.54, 1.807) is 6.20 Å². The summed E-state index contributed by atoms with van der Waals surface area (Å²) >= 11 is 0. The summed E-state index contributed by atoms with van der Waals surface area (Å²) in [7, 11) is 0. The molecule has 234 valence electrons. The fourth-order valence-electron chi connectivity index (χ4n) is 7.49. The largest absolute Gasteiger partial charge is 0.321 e. The number of hydrogen-bond donors (Lipinski definition) is 2. The number of rotatable bonds is 6. The molecule has 0 unspecified atom stereocenters. The number of piperazine rings is 1. The topological polar surface area (TPSA) is 84.6 Å². The van der Waals surface area contributed by atoms with E-state index in [0.717, 1.165) is 43.7 Å². The number of halogens is 2. The minimum absolute atomic E-state index is 0.0830. The second-order valence-corrected chi connectivity index (χ2v) is 13.0. The second-order valence-electron chi connectivity index (χ2n) is 13.0. The Morgan fingerprint density at radius 1 is 1.07 bits per heavy atom. The lowest BCUT2D eigenvalue weighted by molar-refractivity contribution is -0.00250. The molecular formula is C34H42F2N6O2. The average molecular weight is 605 g/mol. The highest BCUT2D eigenvalue weighted by atomic mass is 19.1. The lowest BCUT2D eigenvalue weighted by Crippen LogP contribution is -2.64. The van der Waals surface area contributed by atoms with Gasteiger partial charge in [0.1, 0.15) is 17.5 Å². The average Bonchev–Trinajstić information content (AvgIpc) is 3.47. The van der Waals surface area contributed by atoms with Gasteiger partial charge in [0.2, 0.25) is 0 Å². The molecule has 2 amide bonds. The normalized spacial score (nSPS) is 22.2. The van der Waals surface area contributed by atoms with E-state index in [-0.39, 0.29) is 29.2 Å². The number of aromatic amines is 1. The van der Waals surface area contributed by atoms with Crippen LogP contribution in [0.4, 0.5) is 13.6 Å². The molecule has 10 heteroatoms. The van der Waals surface area contributed by atoms with Gasteiger partial charge in [-0.1, -0.05) is 57.0 Å². The molecule has 2 saturated heterocycles. The summed E-state index contributed by atoms with van der Waals surface area (Å²) in [5.74, 6) is -0.720. The number of hydrogen-bond acceptors (Lipinski definition) is 5. The van der Waals surface area contributed by atoms with E-state index in [0.29, 0.717) is 56.1 Å². The van der Waals surface area contributed by atoms with Gasteiger partial charge >= 0.3 is 6.03 Å². The quantitative estimate of drug-likeness (QED) is 0.390. The van der Waals surface area contributed by atoms with E-state index in [2.05, 4.69) is 34.0 Å². The van der Waals surface area contributed by atoms with Crippen LogP contribution in [0.25, 0.3) is 11.4 Å². The molecule has 3 aromatic rings. The van der Waals surface area contributed by atoms with Crippen LogP contribution in [0.2, 0.25) is 0 Å². The summed E-state index contributed by atoms with van der Waals surface area (Å²) in [6, 6.07) is 13.1. The molecule has 2 aliphatic heterocycles. The summed E-state index contributed by atoms with van der Waals surface area (Å²) < 4.78 is 28.7. The summed E-state index contributed by atoms with van der Waals surface area (Å²) in [5.41, 5.74) is 1.60. The molecule has 6 rings (SSSR count). The van der Waals surface area contributed by atoms with E-state index in [4.69, 9.17) is 0 Å². The molecule has 0 radical (unpaired) electrons. The Bertz CT molecular complexity index is 1500. The standard InChI is InChI=1S/C34H42F2N6O2/c1-23(2)38-29-10-13-42(30(19-29)25-16-27(35)18-28(36)17-25)33(44)40-14-15-41(34(22-40)11-6-7-12-34)21-26-20-37-31(39-32(26)43)24-8-4-3-5-9-24/h3-5,8-9,16-18,20,23,29-30,38H,6-7,10-15,19,21-22H2,1-2H3,(H,37,39,43)/t29-,30+/m1/s1. The number of carbonyl (C=O) groups is 1. The zero-order chi connectivity index (χ0) is 30.8. The van der Waals surface area contributed by atoms with Crippen molar-refractivity contribution >= 4 is 6.03 Å². The van der Waals surface area contributed by atoms with Crippen LogP contribution in [0.5, 0.6) is 0 Å². The summed E-state index contributed by atoms with van der Waals surface area (Å²) in [6.07, 6.45) is 7.07. The molecular weight excluding hydrogens is 562 g/mol. The zero-order valence-electron chi connectivity index (χ0n) is 25.6. The van der Waals surface area contributed by atoms with Gasteiger partial charge in [-0.3, -0.25) is 9.69 Å². The first-order chi connectivity index (χ1) is 21.2. The Labute approximate surface area is 257 Å². The highest BCUT2D eigenvalue weighted by Crippen LogP contribution is 2.40. The number of nitrogens with one attached hydrogen (secondary N) is 2. The Morgan fingerprint density at radius 2 is 1.80 bits per heavy atom. The molecule has 1 aliphatic carbocycles. The van der Waals surface area contributed by atoms with Crippen LogP contribution in [-0.2, 0) is 6.54 Å². The molecule has 1 spiro atoms. The van der Waals surface area contributed by atoms with Crippen LogP contribution >= 0.6 is 0 Å². The van der Waals surface area contributed by atoms with Crippen molar-refractivity contribution in [2.75, 3.05) is 26.2 Å². The summed E-state index contributed by atoms with van der Waals surface area (Å²) in [5, 5.41) is 3.56. The van der Waals surface area contributed by atoms with Crippen molar-refractivity contribution in [1.82, 2.24) is 30.0 Å². The maximum Gasteiger partial charge on any atom is 0.320 e. The van der Waals surface area contributed by atoms with Crippen LogP contribution in [0.1, 0.15) is 69.5 Å². The molecule has 2 atom stereocenters. The van der Waals surface area contributed by atoms with Gasteiger partial charge < -0.3 is 20.1 Å². The van der Waals surface area contributed by atoms with Crippen molar-refractivity contribution in [2.24, 2.45) is 0 Å².